The smallest absolute Gasteiger partial charge is 0.113 e. The number of hydrogen-bond donors (Lipinski definition) is 0. The first-order chi connectivity index (χ1) is 10.9. The largest absolute Gasteiger partial charge is 0.333 e. The molecule has 0 amide bonds. The highest BCUT2D eigenvalue weighted by Crippen LogP contribution is 2.16. The second-order valence-corrected chi connectivity index (χ2v) is 5.29. The standard InChI is InChI=1S/C17H15N5/c1-2-4-14(5-3-1)12-22-17-10-15(6-7-16(17)19-20-22)11-21-9-8-18-13-21/h1-10,13H,11-12H2. The fourth-order valence-corrected chi connectivity index (χ4v) is 2.57. The lowest BCUT2D eigenvalue weighted by atomic mass is 10.2. The minimum atomic E-state index is 0.728. The molecular weight excluding hydrogens is 274 g/mol. The highest BCUT2D eigenvalue weighted by Gasteiger charge is 2.06. The van der Waals surface area contributed by atoms with Gasteiger partial charge in [0.25, 0.3) is 0 Å². The Labute approximate surface area is 127 Å². The van der Waals surface area contributed by atoms with Crippen molar-refractivity contribution < 1.29 is 0 Å². The van der Waals surface area contributed by atoms with Crippen LogP contribution in [0, 0.1) is 0 Å². The quantitative estimate of drug-likeness (QED) is 0.580. The molecule has 0 aliphatic carbocycles. The fraction of sp³-hybridized carbons (Fsp3) is 0.118. The summed E-state index contributed by atoms with van der Waals surface area (Å²) in [6.45, 7) is 1.53. The molecule has 2 aromatic carbocycles. The van der Waals surface area contributed by atoms with E-state index >= 15 is 0 Å². The summed E-state index contributed by atoms with van der Waals surface area (Å²) in [7, 11) is 0. The van der Waals surface area contributed by atoms with Crippen molar-refractivity contribution in [1.82, 2.24) is 24.5 Å². The summed E-state index contributed by atoms with van der Waals surface area (Å²) in [6, 6.07) is 16.6. The lowest BCUT2D eigenvalue weighted by molar-refractivity contribution is 0.669. The van der Waals surface area contributed by atoms with Crippen LogP contribution in [0.15, 0.2) is 67.3 Å². The van der Waals surface area contributed by atoms with Gasteiger partial charge < -0.3 is 4.57 Å². The summed E-state index contributed by atoms with van der Waals surface area (Å²) in [5.74, 6) is 0. The number of benzene rings is 2. The second kappa shape index (κ2) is 5.44. The Morgan fingerprint density at radius 2 is 1.82 bits per heavy atom. The number of aromatic nitrogens is 5. The van der Waals surface area contributed by atoms with E-state index in [1.807, 2.05) is 46.0 Å². The first-order valence-electron chi connectivity index (χ1n) is 7.20. The van der Waals surface area contributed by atoms with Gasteiger partial charge in [-0.15, -0.1) is 5.10 Å². The third-order valence-electron chi connectivity index (χ3n) is 3.68. The van der Waals surface area contributed by atoms with Gasteiger partial charge in [0.15, 0.2) is 0 Å². The van der Waals surface area contributed by atoms with E-state index in [4.69, 9.17) is 0 Å². The average molecular weight is 289 g/mol. The summed E-state index contributed by atoms with van der Waals surface area (Å²) >= 11 is 0. The van der Waals surface area contributed by atoms with Crippen molar-refractivity contribution in [3.63, 3.8) is 0 Å². The van der Waals surface area contributed by atoms with Gasteiger partial charge in [-0.2, -0.15) is 0 Å². The van der Waals surface area contributed by atoms with Crippen LogP contribution in [0.4, 0.5) is 0 Å². The van der Waals surface area contributed by atoms with Gasteiger partial charge in [-0.3, -0.25) is 0 Å². The summed E-state index contributed by atoms with van der Waals surface area (Å²) < 4.78 is 3.99. The molecule has 0 atom stereocenters. The molecule has 0 bridgehead atoms. The van der Waals surface area contributed by atoms with Crippen LogP contribution in [0.1, 0.15) is 11.1 Å². The van der Waals surface area contributed by atoms with Crippen molar-refractivity contribution in [2.75, 3.05) is 0 Å². The molecule has 0 fully saturated rings. The zero-order valence-corrected chi connectivity index (χ0v) is 12.0. The first kappa shape index (κ1) is 12.8. The van der Waals surface area contributed by atoms with Gasteiger partial charge in [-0.05, 0) is 23.3 Å². The number of imidazole rings is 1. The summed E-state index contributed by atoms with van der Waals surface area (Å²) in [4.78, 5) is 4.08. The molecule has 5 heteroatoms. The maximum atomic E-state index is 4.28. The van der Waals surface area contributed by atoms with E-state index in [2.05, 4.69) is 39.6 Å². The molecule has 0 saturated heterocycles. The van der Waals surface area contributed by atoms with Crippen LogP contribution < -0.4 is 0 Å². The van der Waals surface area contributed by atoms with E-state index in [-0.39, 0.29) is 0 Å². The van der Waals surface area contributed by atoms with Crippen LogP contribution in [-0.2, 0) is 13.1 Å². The Balaban J connectivity index is 1.67. The normalized spacial score (nSPS) is 11.1. The molecule has 0 radical (unpaired) electrons. The lowest BCUT2D eigenvalue weighted by Crippen LogP contribution is -2.02. The highest BCUT2D eigenvalue weighted by molar-refractivity contribution is 5.75. The predicted molar refractivity (Wildman–Crippen MR) is 84.4 cm³/mol. The van der Waals surface area contributed by atoms with E-state index < -0.39 is 0 Å². The fourth-order valence-electron chi connectivity index (χ4n) is 2.57. The van der Waals surface area contributed by atoms with Crippen molar-refractivity contribution in [2.45, 2.75) is 13.1 Å². The van der Waals surface area contributed by atoms with Crippen molar-refractivity contribution in [3.8, 4) is 0 Å². The summed E-state index contributed by atoms with van der Waals surface area (Å²) in [5, 5.41) is 8.52. The molecule has 4 rings (SSSR count). The first-order valence-corrected chi connectivity index (χ1v) is 7.20. The molecule has 2 heterocycles. The minimum Gasteiger partial charge on any atom is -0.333 e. The van der Waals surface area contributed by atoms with Gasteiger partial charge in [0.05, 0.1) is 18.4 Å². The molecule has 0 saturated carbocycles. The topological polar surface area (TPSA) is 48.5 Å². The van der Waals surface area contributed by atoms with Gasteiger partial charge in [-0.1, -0.05) is 41.6 Å². The second-order valence-electron chi connectivity index (χ2n) is 5.29. The number of fused-ring (bicyclic) bond motifs is 1. The molecule has 0 aliphatic rings. The van der Waals surface area contributed by atoms with E-state index in [9.17, 15) is 0 Å². The molecule has 4 aromatic rings. The van der Waals surface area contributed by atoms with Crippen LogP contribution >= 0.6 is 0 Å². The average Bonchev–Trinajstić information content (AvgIpc) is 3.19. The SMILES string of the molecule is c1ccc(Cn2nnc3ccc(Cn4ccnc4)cc32)cc1. The number of hydrogen-bond acceptors (Lipinski definition) is 3. The maximum absolute atomic E-state index is 4.28. The van der Waals surface area contributed by atoms with Crippen LogP contribution in [0.2, 0.25) is 0 Å². The van der Waals surface area contributed by atoms with Crippen molar-refractivity contribution >= 4 is 11.0 Å². The zero-order valence-electron chi connectivity index (χ0n) is 12.0. The predicted octanol–water partition coefficient (Wildman–Crippen LogP) is 2.72. The monoisotopic (exact) mass is 289 g/mol. The van der Waals surface area contributed by atoms with Crippen molar-refractivity contribution in [3.05, 3.63) is 78.4 Å². The van der Waals surface area contributed by atoms with Crippen LogP contribution in [-0.4, -0.2) is 24.5 Å². The molecular formula is C17H15N5. The number of nitrogens with zero attached hydrogens (tertiary/aromatic N) is 5. The molecule has 0 unspecified atom stereocenters. The Morgan fingerprint density at radius 3 is 2.64 bits per heavy atom. The van der Waals surface area contributed by atoms with Gasteiger partial charge in [0, 0.05) is 18.9 Å². The molecule has 0 N–H and O–H groups in total. The number of rotatable bonds is 4. The van der Waals surface area contributed by atoms with Gasteiger partial charge in [0.1, 0.15) is 5.52 Å². The third kappa shape index (κ3) is 2.48. The molecule has 0 aliphatic heterocycles. The van der Waals surface area contributed by atoms with E-state index in [1.165, 1.54) is 11.1 Å². The maximum Gasteiger partial charge on any atom is 0.113 e. The molecule has 108 valence electrons. The lowest BCUT2D eigenvalue weighted by Gasteiger charge is -2.05. The minimum absolute atomic E-state index is 0.728. The third-order valence-corrected chi connectivity index (χ3v) is 3.68. The Kier molecular flexibility index (Phi) is 3.16. The van der Waals surface area contributed by atoms with E-state index in [0.29, 0.717) is 0 Å². The summed E-state index contributed by atoms with van der Waals surface area (Å²) in [6.07, 6.45) is 5.58. The summed E-state index contributed by atoms with van der Waals surface area (Å²) in [5.41, 5.74) is 4.41. The Bertz CT molecular complexity index is 878. The van der Waals surface area contributed by atoms with E-state index in [0.717, 1.165) is 24.1 Å². The zero-order chi connectivity index (χ0) is 14.8. The van der Waals surface area contributed by atoms with Gasteiger partial charge in [0.2, 0.25) is 0 Å². The van der Waals surface area contributed by atoms with Gasteiger partial charge in [-0.25, -0.2) is 9.67 Å². The molecule has 2 aromatic heterocycles. The van der Waals surface area contributed by atoms with Crippen LogP contribution in [0.3, 0.4) is 0 Å². The molecule has 22 heavy (non-hydrogen) atoms. The van der Waals surface area contributed by atoms with Crippen molar-refractivity contribution in [1.29, 1.82) is 0 Å². The Morgan fingerprint density at radius 1 is 0.909 bits per heavy atom. The van der Waals surface area contributed by atoms with Gasteiger partial charge >= 0.3 is 0 Å². The molecule has 0 spiro atoms. The van der Waals surface area contributed by atoms with E-state index in [1.54, 1.807) is 6.20 Å². The molecule has 5 nitrogen and oxygen atoms in total. The van der Waals surface area contributed by atoms with Crippen molar-refractivity contribution in [2.24, 2.45) is 0 Å². The van der Waals surface area contributed by atoms with Crippen LogP contribution in [0.5, 0.6) is 0 Å². The highest BCUT2D eigenvalue weighted by atomic mass is 15.4. The Hall–Kier alpha value is -2.95. The van der Waals surface area contributed by atoms with Crippen LogP contribution in [0.25, 0.3) is 11.0 Å².